The molecule has 4 rings (SSSR count). The van der Waals surface area contributed by atoms with Crippen molar-refractivity contribution in [3.05, 3.63) is 71.2 Å². The van der Waals surface area contributed by atoms with Gasteiger partial charge in [-0.3, -0.25) is 9.59 Å². The van der Waals surface area contributed by atoms with Crippen molar-refractivity contribution in [3.63, 3.8) is 0 Å². The Hall–Kier alpha value is -3.50. The van der Waals surface area contributed by atoms with Crippen LogP contribution >= 0.6 is 23.1 Å². The van der Waals surface area contributed by atoms with Crippen molar-refractivity contribution in [3.8, 4) is 11.4 Å². The van der Waals surface area contributed by atoms with Gasteiger partial charge in [-0.2, -0.15) is 0 Å². The molecular formula is C24H24N6O2S2. The maximum absolute atomic E-state index is 12.6. The number of hydrogen-bond acceptors (Lipinski definition) is 7. The van der Waals surface area contributed by atoms with Crippen molar-refractivity contribution in [2.75, 3.05) is 10.6 Å². The van der Waals surface area contributed by atoms with Gasteiger partial charge in [0.15, 0.2) is 16.1 Å². The molecule has 0 spiro atoms. The number of aromatic nitrogens is 4. The number of nitrogens with zero attached hydrogens (tertiary/aromatic N) is 4. The van der Waals surface area contributed by atoms with E-state index in [9.17, 15) is 9.59 Å². The largest absolute Gasteiger partial charge is 0.322 e. The zero-order valence-corrected chi connectivity index (χ0v) is 20.6. The minimum atomic E-state index is -0.320. The number of rotatable bonds is 8. The smallest absolute Gasteiger partial charge is 0.255 e. The van der Waals surface area contributed by atoms with Crippen LogP contribution in [0.4, 0.5) is 10.8 Å². The number of amides is 2. The van der Waals surface area contributed by atoms with Crippen LogP contribution in [-0.4, -0.2) is 36.8 Å². The molecule has 2 heterocycles. The fourth-order valence-electron chi connectivity index (χ4n) is 3.20. The monoisotopic (exact) mass is 492 g/mol. The molecule has 0 unspecified atom stereocenters. The number of nitrogens with one attached hydrogen (secondary N) is 2. The summed E-state index contributed by atoms with van der Waals surface area (Å²) in [6.07, 6.45) is 2.29. The number of thiazole rings is 1. The van der Waals surface area contributed by atoms with Crippen LogP contribution in [0.5, 0.6) is 0 Å². The molecule has 0 saturated carbocycles. The molecule has 0 aliphatic heterocycles. The molecule has 10 heteroatoms. The van der Waals surface area contributed by atoms with Gasteiger partial charge in [0.25, 0.3) is 5.91 Å². The summed E-state index contributed by atoms with van der Waals surface area (Å²) in [7, 11) is 1.87. The average molecular weight is 493 g/mol. The molecule has 34 heavy (non-hydrogen) atoms. The van der Waals surface area contributed by atoms with Crippen LogP contribution in [0.15, 0.2) is 65.3 Å². The van der Waals surface area contributed by atoms with Crippen molar-refractivity contribution in [2.24, 2.45) is 7.05 Å². The summed E-state index contributed by atoms with van der Waals surface area (Å²) in [6, 6.07) is 14.9. The predicted molar refractivity (Wildman–Crippen MR) is 136 cm³/mol. The lowest BCUT2D eigenvalue weighted by Gasteiger charge is -2.13. The second-order valence-corrected chi connectivity index (χ2v) is 9.67. The molecule has 2 N–H and O–H groups in total. The fourth-order valence-corrected chi connectivity index (χ4v) is 4.65. The van der Waals surface area contributed by atoms with Crippen LogP contribution in [0.2, 0.25) is 0 Å². The average Bonchev–Trinajstić information content (AvgIpc) is 3.48. The lowest BCUT2D eigenvalue weighted by Crippen LogP contribution is -2.24. The van der Waals surface area contributed by atoms with Crippen molar-refractivity contribution < 1.29 is 9.59 Å². The van der Waals surface area contributed by atoms with E-state index in [2.05, 4.69) is 25.8 Å². The fraction of sp³-hybridized carbons (Fsp3) is 0.208. The molecule has 4 aromatic rings. The molecule has 174 valence electrons. The van der Waals surface area contributed by atoms with Crippen LogP contribution < -0.4 is 10.6 Å². The molecule has 0 radical (unpaired) electrons. The van der Waals surface area contributed by atoms with Gasteiger partial charge in [0, 0.05) is 35.4 Å². The first kappa shape index (κ1) is 23.7. The lowest BCUT2D eigenvalue weighted by atomic mass is 10.1. The van der Waals surface area contributed by atoms with Crippen LogP contribution in [0, 0.1) is 6.92 Å². The van der Waals surface area contributed by atoms with Gasteiger partial charge in [-0.15, -0.1) is 21.5 Å². The van der Waals surface area contributed by atoms with Gasteiger partial charge in [-0.05, 0) is 49.7 Å². The summed E-state index contributed by atoms with van der Waals surface area (Å²) in [5.41, 5.74) is 3.26. The van der Waals surface area contributed by atoms with E-state index in [1.54, 1.807) is 18.3 Å². The second kappa shape index (κ2) is 10.6. The highest BCUT2D eigenvalue weighted by atomic mass is 32.2. The highest BCUT2D eigenvalue weighted by Gasteiger charge is 2.22. The number of thioether (sulfide) groups is 1. The summed E-state index contributed by atoms with van der Waals surface area (Å²) in [6.45, 7) is 3.94. The Morgan fingerprint density at radius 2 is 1.79 bits per heavy atom. The summed E-state index contributed by atoms with van der Waals surface area (Å²) >= 11 is 2.75. The Balaban J connectivity index is 1.43. The summed E-state index contributed by atoms with van der Waals surface area (Å²) in [4.78, 5) is 29.2. The molecule has 0 aliphatic rings. The standard InChI is InChI=1S/C24H24N6O2S2/c1-4-19(22(32)27-23-25-13-14-33-23)34-24-29-28-20(30(24)3)16-9-11-18(12-10-16)26-21(31)17-7-5-15(2)6-8-17/h5-14,19H,4H2,1-3H3,(H,26,31)(H,25,27,32)/t19-/m1/s1. The van der Waals surface area contributed by atoms with E-state index in [4.69, 9.17) is 0 Å². The van der Waals surface area contributed by atoms with Crippen molar-refractivity contribution in [2.45, 2.75) is 30.7 Å². The van der Waals surface area contributed by atoms with Crippen LogP contribution in [0.3, 0.4) is 0 Å². The Morgan fingerprint density at radius 3 is 2.44 bits per heavy atom. The third-order valence-corrected chi connectivity index (χ3v) is 7.21. The van der Waals surface area contributed by atoms with Gasteiger partial charge in [0.1, 0.15) is 0 Å². The highest BCUT2D eigenvalue weighted by Crippen LogP contribution is 2.28. The molecule has 0 bridgehead atoms. The minimum absolute atomic E-state index is 0.110. The van der Waals surface area contributed by atoms with E-state index in [1.807, 2.05) is 67.2 Å². The Labute approximate surface area is 205 Å². The van der Waals surface area contributed by atoms with Gasteiger partial charge >= 0.3 is 0 Å². The van der Waals surface area contributed by atoms with Crippen molar-refractivity contribution in [1.82, 2.24) is 19.7 Å². The number of anilines is 2. The quantitative estimate of drug-likeness (QED) is 0.335. The molecule has 0 aliphatic carbocycles. The Kier molecular flexibility index (Phi) is 7.39. The molecule has 2 aromatic carbocycles. The van der Waals surface area contributed by atoms with Crippen LogP contribution in [0.1, 0.15) is 29.3 Å². The Bertz CT molecular complexity index is 1270. The Morgan fingerprint density at radius 1 is 1.06 bits per heavy atom. The van der Waals surface area contributed by atoms with Gasteiger partial charge in [-0.25, -0.2) is 4.98 Å². The third-order valence-electron chi connectivity index (χ3n) is 5.12. The number of aryl methyl sites for hydroxylation is 1. The number of carbonyl (C=O) groups excluding carboxylic acids is 2. The zero-order valence-electron chi connectivity index (χ0n) is 19.0. The molecule has 8 nitrogen and oxygen atoms in total. The maximum atomic E-state index is 12.6. The predicted octanol–water partition coefficient (Wildman–Crippen LogP) is 5.01. The lowest BCUT2D eigenvalue weighted by molar-refractivity contribution is -0.115. The zero-order chi connectivity index (χ0) is 24.1. The van der Waals surface area contributed by atoms with Crippen LogP contribution in [-0.2, 0) is 11.8 Å². The van der Waals surface area contributed by atoms with Gasteiger partial charge in [0.05, 0.1) is 5.25 Å². The molecule has 0 fully saturated rings. The molecule has 0 saturated heterocycles. The summed E-state index contributed by atoms with van der Waals surface area (Å²) < 4.78 is 1.86. The molecular weight excluding hydrogens is 468 g/mol. The van der Waals surface area contributed by atoms with E-state index >= 15 is 0 Å². The van der Waals surface area contributed by atoms with Gasteiger partial charge in [-0.1, -0.05) is 36.4 Å². The van der Waals surface area contributed by atoms with Crippen molar-refractivity contribution in [1.29, 1.82) is 0 Å². The molecule has 1 atom stereocenters. The summed E-state index contributed by atoms with van der Waals surface area (Å²) in [5, 5.41) is 17.1. The highest BCUT2D eigenvalue weighted by molar-refractivity contribution is 8.00. The second-order valence-electron chi connectivity index (χ2n) is 7.60. The van der Waals surface area contributed by atoms with Gasteiger partial charge in [0.2, 0.25) is 5.91 Å². The maximum Gasteiger partial charge on any atom is 0.255 e. The first-order chi connectivity index (χ1) is 16.4. The first-order valence-electron chi connectivity index (χ1n) is 10.7. The van der Waals surface area contributed by atoms with E-state index < -0.39 is 0 Å². The topological polar surface area (TPSA) is 102 Å². The minimum Gasteiger partial charge on any atom is -0.322 e. The molecule has 2 aromatic heterocycles. The SMILES string of the molecule is CC[C@@H](Sc1nnc(-c2ccc(NC(=O)c3ccc(C)cc3)cc2)n1C)C(=O)Nc1nccs1. The first-order valence-corrected chi connectivity index (χ1v) is 12.5. The number of carbonyl (C=O) groups is 2. The van der Waals surface area contributed by atoms with E-state index in [1.165, 1.54) is 23.1 Å². The van der Waals surface area contributed by atoms with Gasteiger partial charge < -0.3 is 15.2 Å². The number of hydrogen-bond donors (Lipinski definition) is 2. The third kappa shape index (κ3) is 5.52. The molecule has 2 amide bonds. The van der Waals surface area contributed by atoms with E-state index in [0.29, 0.717) is 33.8 Å². The van der Waals surface area contributed by atoms with Crippen LogP contribution in [0.25, 0.3) is 11.4 Å². The van der Waals surface area contributed by atoms with E-state index in [0.717, 1.165) is 11.1 Å². The van der Waals surface area contributed by atoms with E-state index in [-0.39, 0.29) is 17.1 Å². The summed E-state index contributed by atoms with van der Waals surface area (Å²) in [5.74, 6) is 0.404. The van der Waals surface area contributed by atoms with Crippen molar-refractivity contribution >= 4 is 45.7 Å². The normalized spacial score (nSPS) is 11.7. The number of benzene rings is 2.